The van der Waals surface area contributed by atoms with E-state index in [0.29, 0.717) is 29.9 Å². The van der Waals surface area contributed by atoms with Crippen molar-refractivity contribution in [3.05, 3.63) is 77.6 Å². The van der Waals surface area contributed by atoms with Gasteiger partial charge < -0.3 is 14.8 Å². The van der Waals surface area contributed by atoms with Gasteiger partial charge in [0.05, 0.1) is 34.1 Å². The number of carbonyl (C=O) groups excluding carboxylic acids is 1. The van der Waals surface area contributed by atoms with E-state index in [1.165, 1.54) is 12.4 Å². The van der Waals surface area contributed by atoms with Crippen molar-refractivity contribution in [2.24, 2.45) is 5.92 Å². The van der Waals surface area contributed by atoms with E-state index < -0.39 is 15.7 Å². The van der Waals surface area contributed by atoms with Gasteiger partial charge in [-0.1, -0.05) is 19.1 Å². The molecular weight excluding hydrogens is 531 g/mol. The molecule has 1 aliphatic heterocycles. The molecule has 0 spiro atoms. The summed E-state index contributed by atoms with van der Waals surface area (Å²) in [6, 6.07) is 12.3. The molecule has 3 heterocycles. The highest BCUT2D eigenvalue weighted by Crippen LogP contribution is 2.41. The van der Waals surface area contributed by atoms with Crippen molar-refractivity contribution in [2.45, 2.75) is 50.1 Å². The molecule has 11 heteroatoms. The molecule has 2 aromatic carbocycles. The number of hydrogen-bond donors (Lipinski definition) is 1. The van der Waals surface area contributed by atoms with Crippen LogP contribution in [0.25, 0.3) is 11.0 Å². The van der Waals surface area contributed by atoms with Crippen LogP contribution in [0.3, 0.4) is 0 Å². The minimum Gasteiger partial charge on any atom is -0.348 e. The van der Waals surface area contributed by atoms with Crippen molar-refractivity contribution in [1.82, 2.24) is 24.8 Å². The van der Waals surface area contributed by atoms with Crippen molar-refractivity contribution in [1.29, 1.82) is 0 Å². The van der Waals surface area contributed by atoms with E-state index in [0.717, 1.165) is 61.3 Å². The Hall–Kier alpha value is -3.86. The zero-order valence-electron chi connectivity index (χ0n) is 22.3. The van der Waals surface area contributed by atoms with Gasteiger partial charge in [-0.3, -0.25) is 4.79 Å². The summed E-state index contributed by atoms with van der Waals surface area (Å²) in [4.78, 5) is 28.6. The minimum absolute atomic E-state index is 0.0494. The third-order valence-electron chi connectivity index (χ3n) is 7.71. The van der Waals surface area contributed by atoms with Crippen LogP contribution >= 0.6 is 0 Å². The standard InChI is InChI=1S/C29H31FN6O3S/c1-2-40(38,39)24-8-3-19(4-9-24)14-31-28(37)22-7-10-26-25(13-22)34-27(21-5-6-21)36(26)18-20-11-12-35(17-20)29-32-15-23(30)16-33-29/h3-4,7-10,13,15-16,20-21H,2,5-6,11-12,14,17-18H2,1H3,(H,31,37). The van der Waals surface area contributed by atoms with Gasteiger partial charge in [0.2, 0.25) is 5.95 Å². The van der Waals surface area contributed by atoms with E-state index in [1.807, 2.05) is 18.2 Å². The number of aromatic nitrogens is 4. The van der Waals surface area contributed by atoms with E-state index in [1.54, 1.807) is 31.2 Å². The highest BCUT2D eigenvalue weighted by Gasteiger charge is 2.32. The summed E-state index contributed by atoms with van der Waals surface area (Å²) in [5.74, 6) is 1.86. The lowest BCUT2D eigenvalue weighted by atomic mass is 10.1. The minimum atomic E-state index is -3.25. The molecule has 40 heavy (non-hydrogen) atoms. The van der Waals surface area contributed by atoms with E-state index in [4.69, 9.17) is 4.98 Å². The van der Waals surface area contributed by atoms with E-state index in [9.17, 15) is 17.6 Å². The smallest absolute Gasteiger partial charge is 0.251 e. The lowest BCUT2D eigenvalue weighted by molar-refractivity contribution is 0.0951. The predicted molar refractivity (Wildman–Crippen MR) is 149 cm³/mol. The monoisotopic (exact) mass is 562 g/mol. The number of fused-ring (bicyclic) bond motifs is 1. The second-order valence-electron chi connectivity index (χ2n) is 10.6. The number of anilines is 1. The van der Waals surface area contributed by atoms with Crippen LogP contribution in [0.4, 0.5) is 10.3 Å². The Bertz CT molecular complexity index is 1650. The number of halogens is 1. The van der Waals surface area contributed by atoms with Crippen LogP contribution in [-0.4, -0.2) is 52.7 Å². The van der Waals surface area contributed by atoms with Gasteiger partial charge in [-0.25, -0.2) is 27.8 Å². The fourth-order valence-corrected chi connectivity index (χ4v) is 6.17. The van der Waals surface area contributed by atoms with Gasteiger partial charge in [-0.2, -0.15) is 0 Å². The van der Waals surface area contributed by atoms with E-state index in [2.05, 4.69) is 24.8 Å². The Labute approximate surface area is 232 Å². The number of benzene rings is 2. The first-order chi connectivity index (χ1) is 19.3. The highest BCUT2D eigenvalue weighted by molar-refractivity contribution is 7.91. The quantitative estimate of drug-likeness (QED) is 0.327. The Morgan fingerprint density at radius 2 is 1.82 bits per heavy atom. The Kier molecular flexibility index (Phi) is 6.99. The molecule has 208 valence electrons. The molecule has 1 unspecified atom stereocenters. The molecule has 2 aliphatic rings. The lowest BCUT2D eigenvalue weighted by Gasteiger charge is -2.17. The van der Waals surface area contributed by atoms with Crippen LogP contribution in [0.15, 0.2) is 59.8 Å². The molecule has 2 fully saturated rings. The second kappa shape index (κ2) is 10.6. The first kappa shape index (κ1) is 26.4. The maximum atomic E-state index is 13.2. The summed E-state index contributed by atoms with van der Waals surface area (Å²) < 4.78 is 39.6. The predicted octanol–water partition coefficient (Wildman–Crippen LogP) is 4.09. The van der Waals surface area contributed by atoms with Gasteiger partial charge in [0.25, 0.3) is 5.91 Å². The first-order valence-electron chi connectivity index (χ1n) is 13.6. The van der Waals surface area contributed by atoms with Gasteiger partial charge in [0.15, 0.2) is 15.7 Å². The van der Waals surface area contributed by atoms with Gasteiger partial charge in [-0.05, 0) is 61.1 Å². The zero-order chi connectivity index (χ0) is 27.9. The normalized spacial score (nSPS) is 17.4. The summed E-state index contributed by atoms with van der Waals surface area (Å²) in [6.45, 7) is 4.34. The highest BCUT2D eigenvalue weighted by atomic mass is 32.2. The average Bonchev–Trinajstić information content (AvgIpc) is 3.61. The van der Waals surface area contributed by atoms with Crippen LogP contribution in [0.2, 0.25) is 0 Å². The maximum Gasteiger partial charge on any atom is 0.251 e. The van der Waals surface area contributed by atoms with Crippen molar-refractivity contribution < 1.29 is 17.6 Å². The topological polar surface area (TPSA) is 110 Å². The molecule has 1 saturated carbocycles. The zero-order valence-corrected chi connectivity index (χ0v) is 23.1. The molecule has 1 saturated heterocycles. The van der Waals surface area contributed by atoms with Crippen molar-refractivity contribution in [3.8, 4) is 0 Å². The number of carbonyl (C=O) groups is 1. The fourth-order valence-electron chi connectivity index (χ4n) is 5.29. The average molecular weight is 563 g/mol. The number of amides is 1. The van der Waals surface area contributed by atoms with Gasteiger partial charge >= 0.3 is 0 Å². The van der Waals surface area contributed by atoms with Crippen molar-refractivity contribution in [3.63, 3.8) is 0 Å². The summed E-state index contributed by atoms with van der Waals surface area (Å²) in [6.07, 6.45) is 5.63. The van der Waals surface area contributed by atoms with E-state index in [-0.39, 0.29) is 16.6 Å². The second-order valence-corrected chi connectivity index (χ2v) is 12.9. The number of rotatable bonds is 9. The van der Waals surface area contributed by atoms with Gasteiger partial charge in [0, 0.05) is 37.7 Å². The fraction of sp³-hybridized carbons (Fsp3) is 0.379. The molecular formula is C29H31FN6O3S. The van der Waals surface area contributed by atoms with Crippen LogP contribution < -0.4 is 10.2 Å². The first-order valence-corrected chi connectivity index (χ1v) is 15.3. The van der Waals surface area contributed by atoms with Crippen LogP contribution in [0, 0.1) is 11.7 Å². The molecule has 1 amide bonds. The lowest BCUT2D eigenvalue weighted by Crippen LogP contribution is -2.23. The molecule has 0 bridgehead atoms. The Balaban J connectivity index is 1.15. The molecule has 0 radical (unpaired) electrons. The molecule has 2 aromatic heterocycles. The molecule has 4 aromatic rings. The van der Waals surface area contributed by atoms with Crippen molar-refractivity contribution in [2.75, 3.05) is 23.7 Å². The summed E-state index contributed by atoms with van der Waals surface area (Å²) >= 11 is 0. The molecule has 1 N–H and O–H groups in total. The number of imidazole rings is 1. The third kappa shape index (κ3) is 5.42. The molecule has 1 atom stereocenters. The number of sulfone groups is 1. The Morgan fingerprint density at radius 1 is 1.07 bits per heavy atom. The summed E-state index contributed by atoms with van der Waals surface area (Å²) in [5, 5.41) is 2.93. The molecule has 6 rings (SSSR count). The summed E-state index contributed by atoms with van der Waals surface area (Å²) in [7, 11) is -3.25. The van der Waals surface area contributed by atoms with Crippen molar-refractivity contribution >= 4 is 32.7 Å². The SMILES string of the molecule is CCS(=O)(=O)c1ccc(CNC(=O)c2ccc3c(c2)nc(C2CC2)n3CC2CCN(c3ncc(F)cn3)C2)cc1. The van der Waals surface area contributed by atoms with Crippen LogP contribution in [0.1, 0.15) is 53.8 Å². The number of nitrogens with one attached hydrogen (secondary N) is 1. The summed E-state index contributed by atoms with van der Waals surface area (Å²) in [5.41, 5.74) is 3.18. The van der Waals surface area contributed by atoms with Gasteiger partial charge in [-0.15, -0.1) is 0 Å². The molecule has 1 aliphatic carbocycles. The van der Waals surface area contributed by atoms with Crippen LogP contribution in [0.5, 0.6) is 0 Å². The van der Waals surface area contributed by atoms with Gasteiger partial charge in [0.1, 0.15) is 5.82 Å². The number of nitrogens with zero attached hydrogens (tertiary/aromatic N) is 5. The molecule has 9 nitrogen and oxygen atoms in total. The maximum absolute atomic E-state index is 13.2. The van der Waals surface area contributed by atoms with Crippen LogP contribution in [-0.2, 0) is 22.9 Å². The number of hydrogen-bond acceptors (Lipinski definition) is 7. The third-order valence-corrected chi connectivity index (χ3v) is 9.46. The largest absolute Gasteiger partial charge is 0.348 e. The van der Waals surface area contributed by atoms with E-state index >= 15 is 0 Å². The Morgan fingerprint density at radius 3 is 2.52 bits per heavy atom.